The van der Waals surface area contributed by atoms with Gasteiger partial charge in [0.2, 0.25) is 10.0 Å². The van der Waals surface area contributed by atoms with Crippen LogP contribution in [0.25, 0.3) is 0 Å². The van der Waals surface area contributed by atoms with E-state index in [9.17, 15) is 8.42 Å². The third-order valence-corrected chi connectivity index (χ3v) is 9.45. The Morgan fingerprint density at radius 1 is 1.28 bits per heavy atom. The molecule has 0 aromatic heterocycles. The number of nitrogens with one attached hydrogen (secondary N) is 2. The van der Waals surface area contributed by atoms with E-state index in [2.05, 4.69) is 15.5 Å². The van der Waals surface area contributed by atoms with E-state index in [0.717, 1.165) is 55.4 Å². The Kier molecular flexibility index (Phi) is 6.78. The highest BCUT2D eigenvalue weighted by Gasteiger charge is 2.44. The number of piperidine rings is 1. The SMILES string of the molecule is CC(C)S(=O)(=O)N1CC(OCC[C@@H]2C[C@@H]2C2CCN(C3NC=C(Cl)CN3)CC2)C1. The van der Waals surface area contributed by atoms with E-state index in [1.807, 2.05) is 6.20 Å². The van der Waals surface area contributed by atoms with Crippen molar-refractivity contribution in [2.24, 2.45) is 17.8 Å². The van der Waals surface area contributed by atoms with Gasteiger partial charge in [0.15, 0.2) is 0 Å². The summed E-state index contributed by atoms with van der Waals surface area (Å²) in [5.41, 5.74) is 0. The Morgan fingerprint density at radius 3 is 2.62 bits per heavy atom. The van der Waals surface area contributed by atoms with Crippen molar-refractivity contribution in [1.29, 1.82) is 0 Å². The number of halogens is 1. The van der Waals surface area contributed by atoms with Gasteiger partial charge in [-0.2, -0.15) is 4.31 Å². The molecule has 4 rings (SSSR count). The van der Waals surface area contributed by atoms with Crippen molar-refractivity contribution < 1.29 is 13.2 Å². The van der Waals surface area contributed by atoms with Gasteiger partial charge in [0, 0.05) is 50.6 Å². The number of sulfonamides is 1. The number of hydrogen-bond acceptors (Lipinski definition) is 6. The zero-order valence-electron chi connectivity index (χ0n) is 17.5. The molecule has 2 saturated heterocycles. The van der Waals surface area contributed by atoms with Crippen LogP contribution in [0.1, 0.15) is 39.5 Å². The molecule has 0 radical (unpaired) electrons. The Morgan fingerprint density at radius 2 is 2.00 bits per heavy atom. The first-order chi connectivity index (χ1) is 13.8. The van der Waals surface area contributed by atoms with Crippen molar-refractivity contribution in [3.63, 3.8) is 0 Å². The van der Waals surface area contributed by atoms with E-state index in [-0.39, 0.29) is 17.6 Å². The van der Waals surface area contributed by atoms with Crippen LogP contribution in [0.15, 0.2) is 11.2 Å². The summed E-state index contributed by atoms with van der Waals surface area (Å²) in [6.45, 7) is 8.28. The predicted molar refractivity (Wildman–Crippen MR) is 115 cm³/mol. The second-order valence-electron chi connectivity index (χ2n) is 9.27. The normalized spacial score (nSPS) is 32.7. The summed E-state index contributed by atoms with van der Waals surface area (Å²) in [6.07, 6.45) is 7.20. The van der Waals surface area contributed by atoms with Gasteiger partial charge in [0.05, 0.1) is 11.4 Å². The summed E-state index contributed by atoms with van der Waals surface area (Å²) in [4.78, 5) is 2.48. The monoisotopic (exact) mass is 446 g/mol. The molecule has 9 heteroatoms. The van der Waals surface area contributed by atoms with Gasteiger partial charge in [-0.15, -0.1) is 0 Å². The lowest BCUT2D eigenvalue weighted by molar-refractivity contribution is -0.0229. The van der Waals surface area contributed by atoms with Gasteiger partial charge >= 0.3 is 0 Å². The summed E-state index contributed by atoms with van der Waals surface area (Å²) in [5.74, 6) is 2.51. The molecular weight excluding hydrogens is 412 g/mol. The Hall–Kier alpha value is -0.380. The lowest BCUT2D eigenvalue weighted by Crippen LogP contribution is -2.57. The average Bonchev–Trinajstić information content (AvgIpc) is 3.43. The predicted octanol–water partition coefficient (Wildman–Crippen LogP) is 1.72. The van der Waals surface area contributed by atoms with Crippen LogP contribution < -0.4 is 10.6 Å². The van der Waals surface area contributed by atoms with E-state index in [4.69, 9.17) is 16.3 Å². The van der Waals surface area contributed by atoms with E-state index in [1.54, 1.807) is 18.2 Å². The molecular formula is C20H35ClN4O3S. The molecule has 3 aliphatic heterocycles. The smallest absolute Gasteiger partial charge is 0.216 e. The van der Waals surface area contributed by atoms with Crippen molar-refractivity contribution in [3.05, 3.63) is 11.2 Å². The second-order valence-corrected chi connectivity index (χ2v) is 12.2. The van der Waals surface area contributed by atoms with Gasteiger partial charge in [0.1, 0.15) is 6.29 Å². The molecule has 166 valence electrons. The van der Waals surface area contributed by atoms with Gasteiger partial charge < -0.3 is 10.1 Å². The molecule has 1 unspecified atom stereocenters. The van der Waals surface area contributed by atoms with Crippen LogP contribution in [0, 0.1) is 17.8 Å². The Labute approximate surface area is 180 Å². The summed E-state index contributed by atoms with van der Waals surface area (Å²) in [6, 6.07) is 0. The van der Waals surface area contributed by atoms with Crippen LogP contribution in [0.5, 0.6) is 0 Å². The highest BCUT2D eigenvalue weighted by Crippen LogP contribution is 2.49. The van der Waals surface area contributed by atoms with Gasteiger partial charge in [-0.25, -0.2) is 8.42 Å². The standard InChI is InChI=1S/C20H35ClN4O3S/c1-14(2)29(26,27)25-12-18(13-25)28-8-5-16-9-19(16)15-3-6-24(7-4-15)20-22-10-17(21)11-23-20/h10,14-16,18-20,22-23H,3-9,11-13H2,1-2H3/t16-,19-,20?/m1/s1. The lowest BCUT2D eigenvalue weighted by atomic mass is 9.90. The van der Waals surface area contributed by atoms with E-state index < -0.39 is 10.0 Å². The quantitative estimate of drug-likeness (QED) is 0.591. The minimum absolute atomic E-state index is 0.0852. The molecule has 0 aromatic carbocycles. The average molecular weight is 447 g/mol. The molecule has 29 heavy (non-hydrogen) atoms. The van der Waals surface area contributed by atoms with Crippen molar-refractivity contribution in [1.82, 2.24) is 19.8 Å². The van der Waals surface area contributed by atoms with Gasteiger partial charge in [0.25, 0.3) is 0 Å². The van der Waals surface area contributed by atoms with E-state index in [1.165, 1.54) is 19.3 Å². The molecule has 0 spiro atoms. The number of nitrogens with zero attached hydrogens (tertiary/aromatic N) is 2. The van der Waals surface area contributed by atoms with Crippen LogP contribution in [0.3, 0.4) is 0 Å². The Balaban J connectivity index is 1.09. The fourth-order valence-electron chi connectivity index (χ4n) is 4.89. The third kappa shape index (κ3) is 5.10. The second kappa shape index (κ2) is 9.01. The molecule has 1 aliphatic carbocycles. The molecule has 0 bridgehead atoms. The maximum Gasteiger partial charge on any atom is 0.216 e. The first kappa shape index (κ1) is 21.8. The van der Waals surface area contributed by atoms with Crippen LogP contribution >= 0.6 is 11.6 Å². The van der Waals surface area contributed by atoms with Gasteiger partial charge in [-0.05, 0) is 57.3 Å². The summed E-state index contributed by atoms with van der Waals surface area (Å²) in [5, 5.41) is 7.25. The molecule has 1 saturated carbocycles. The zero-order chi connectivity index (χ0) is 20.6. The van der Waals surface area contributed by atoms with Gasteiger partial charge in [-0.1, -0.05) is 11.6 Å². The first-order valence-electron chi connectivity index (χ1n) is 11.0. The maximum atomic E-state index is 12.1. The lowest BCUT2D eigenvalue weighted by Gasteiger charge is -2.39. The van der Waals surface area contributed by atoms with E-state index in [0.29, 0.717) is 13.1 Å². The molecule has 3 fully saturated rings. The molecule has 3 heterocycles. The number of hydrogen-bond donors (Lipinski definition) is 2. The number of likely N-dealkylation sites (tertiary alicyclic amines) is 1. The van der Waals surface area contributed by atoms with Crippen LogP contribution in [0.4, 0.5) is 0 Å². The van der Waals surface area contributed by atoms with Crippen molar-refractivity contribution in [3.8, 4) is 0 Å². The minimum atomic E-state index is -3.11. The number of rotatable bonds is 8. The fraction of sp³-hybridized carbons (Fsp3) is 0.900. The topological polar surface area (TPSA) is 73.9 Å². The van der Waals surface area contributed by atoms with Crippen molar-refractivity contribution in [2.75, 3.05) is 39.3 Å². The Bertz CT molecular complexity index is 703. The zero-order valence-corrected chi connectivity index (χ0v) is 19.1. The van der Waals surface area contributed by atoms with Crippen molar-refractivity contribution >= 4 is 21.6 Å². The van der Waals surface area contributed by atoms with Gasteiger partial charge in [-0.3, -0.25) is 10.2 Å². The summed E-state index contributed by atoms with van der Waals surface area (Å²) in [7, 11) is -3.11. The van der Waals surface area contributed by atoms with Crippen molar-refractivity contribution in [2.45, 2.75) is 57.2 Å². The van der Waals surface area contributed by atoms with Crippen LogP contribution in [-0.4, -0.2) is 74.6 Å². The van der Waals surface area contributed by atoms with E-state index >= 15 is 0 Å². The molecule has 4 aliphatic rings. The number of ether oxygens (including phenoxy) is 1. The third-order valence-electron chi connectivity index (χ3n) is 7.00. The van der Waals surface area contributed by atoms with Crippen LogP contribution in [0.2, 0.25) is 0 Å². The summed E-state index contributed by atoms with van der Waals surface area (Å²) >= 11 is 6.00. The minimum Gasteiger partial charge on any atom is -0.375 e. The highest BCUT2D eigenvalue weighted by atomic mass is 35.5. The molecule has 0 amide bonds. The molecule has 3 atom stereocenters. The molecule has 7 nitrogen and oxygen atoms in total. The largest absolute Gasteiger partial charge is 0.375 e. The molecule has 2 N–H and O–H groups in total. The highest BCUT2D eigenvalue weighted by molar-refractivity contribution is 7.89. The maximum absolute atomic E-state index is 12.1. The first-order valence-corrected chi connectivity index (χ1v) is 12.9. The fourth-order valence-corrected chi connectivity index (χ4v) is 6.38. The summed E-state index contributed by atoms with van der Waals surface area (Å²) < 4.78 is 31.6. The molecule has 0 aromatic rings. The van der Waals surface area contributed by atoms with Crippen LogP contribution in [-0.2, 0) is 14.8 Å².